The van der Waals surface area contributed by atoms with Crippen LogP contribution in [0.1, 0.15) is 46.0 Å². The van der Waals surface area contributed by atoms with Crippen LogP contribution in [0.5, 0.6) is 0 Å². The third-order valence-corrected chi connectivity index (χ3v) is 4.66. The zero-order valence-electron chi connectivity index (χ0n) is 12.5. The lowest BCUT2D eigenvalue weighted by molar-refractivity contribution is -0.139. The third-order valence-electron chi connectivity index (χ3n) is 4.66. The summed E-state index contributed by atoms with van der Waals surface area (Å²) in [7, 11) is 1.60. The Morgan fingerprint density at radius 1 is 1.37 bits per heavy atom. The fraction of sp³-hybridized carbons (Fsp3) is 0.933. The fourth-order valence-electron chi connectivity index (χ4n) is 3.11. The van der Waals surface area contributed by atoms with Crippen molar-refractivity contribution >= 4 is 5.78 Å². The number of carbonyl (C=O) groups excluding carboxylic acids is 1. The highest BCUT2D eigenvalue weighted by Gasteiger charge is 2.35. The molecular weight excluding hydrogens is 242 g/mol. The Bertz CT molecular complexity index is 315. The predicted molar refractivity (Wildman–Crippen MR) is 74.3 cm³/mol. The predicted octanol–water partition coefficient (Wildman–Crippen LogP) is 2.01. The minimum Gasteiger partial charge on any atom is -0.375 e. The van der Waals surface area contributed by atoms with Gasteiger partial charge in [-0.05, 0) is 26.7 Å². The van der Waals surface area contributed by atoms with E-state index in [1.54, 1.807) is 7.11 Å². The van der Waals surface area contributed by atoms with Gasteiger partial charge in [0.2, 0.25) is 0 Å². The lowest BCUT2D eigenvalue weighted by Crippen LogP contribution is -2.53. The number of hydrogen-bond donors (Lipinski definition) is 0. The molecule has 19 heavy (non-hydrogen) atoms. The number of ketones is 1. The van der Waals surface area contributed by atoms with E-state index in [2.05, 4.69) is 4.90 Å². The summed E-state index contributed by atoms with van der Waals surface area (Å²) in [5, 5.41) is 0. The molecule has 110 valence electrons. The summed E-state index contributed by atoms with van der Waals surface area (Å²) in [6.45, 7) is 6.30. The normalized spacial score (nSPS) is 29.0. The van der Waals surface area contributed by atoms with Crippen molar-refractivity contribution in [3.05, 3.63) is 0 Å². The van der Waals surface area contributed by atoms with Crippen LogP contribution in [0.25, 0.3) is 0 Å². The molecule has 0 radical (unpaired) electrons. The summed E-state index contributed by atoms with van der Waals surface area (Å²) in [5.41, 5.74) is -0.655. The molecule has 2 atom stereocenters. The van der Waals surface area contributed by atoms with Crippen molar-refractivity contribution in [1.29, 1.82) is 0 Å². The monoisotopic (exact) mass is 269 g/mol. The summed E-state index contributed by atoms with van der Waals surface area (Å²) < 4.78 is 11.1. The average Bonchev–Trinajstić information content (AvgIpc) is 2.44. The maximum Gasteiger partial charge on any atom is 0.165 e. The first-order chi connectivity index (χ1) is 9.04. The van der Waals surface area contributed by atoms with E-state index in [4.69, 9.17) is 9.47 Å². The lowest BCUT2D eigenvalue weighted by Gasteiger charge is -2.44. The largest absolute Gasteiger partial charge is 0.375 e. The van der Waals surface area contributed by atoms with E-state index in [0.717, 1.165) is 19.7 Å². The Hall–Kier alpha value is -0.450. The maximum absolute atomic E-state index is 12.1. The number of fused-ring (bicyclic) bond motifs is 1. The van der Waals surface area contributed by atoms with Crippen LogP contribution < -0.4 is 0 Å². The number of morpholine rings is 1. The van der Waals surface area contributed by atoms with Crippen molar-refractivity contribution in [2.75, 3.05) is 26.8 Å². The molecule has 1 saturated carbocycles. The molecule has 2 unspecified atom stereocenters. The number of methoxy groups -OCH3 is 1. The molecule has 2 aliphatic rings. The second kappa shape index (κ2) is 6.33. The van der Waals surface area contributed by atoms with Gasteiger partial charge in [-0.15, -0.1) is 0 Å². The van der Waals surface area contributed by atoms with Crippen LogP contribution in [0.4, 0.5) is 0 Å². The van der Waals surface area contributed by atoms with E-state index in [0.29, 0.717) is 18.6 Å². The van der Waals surface area contributed by atoms with E-state index in [1.165, 1.54) is 25.7 Å². The first kappa shape index (κ1) is 14.9. The highest BCUT2D eigenvalue weighted by atomic mass is 16.5. The highest BCUT2D eigenvalue weighted by Crippen LogP contribution is 2.28. The molecule has 0 bridgehead atoms. The van der Waals surface area contributed by atoms with Gasteiger partial charge in [0.05, 0.1) is 12.7 Å². The summed E-state index contributed by atoms with van der Waals surface area (Å²) in [6.07, 6.45) is 5.94. The molecule has 1 saturated heterocycles. The van der Waals surface area contributed by atoms with E-state index in [-0.39, 0.29) is 5.78 Å². The Balaban J connectivity index is 1.86. The first-order valence-corrected chi connectivity index (χ1v) is 7.48. The molecule has 0 aromatic rings. The lowest BCUT2D eigenvalue weighted by atomic mass is 9.89. The van der Waals surface area contributed by atoms with Gasteiger partial charge in [-0.25, -0.2) is 0 Å². The van der Waals surface area contributed by atoms with Crippen molar-refractivity contribution in [3.8, 4) is 0 Å². The minimum absolute atomic E-state index is 0.189. The molecular formula is C15H27NO3. The molecule has 4 nitrogen and oxygen atoms in total. The van der Waals surface area contributed by atoms with Crippen LogP contribution >= 0.6 is 0 Å². The van der Waals surface area contributed by atoms with Crippen LogP contribution in [0, 0.1) is 0 Å². The zero-order valence-corrected chi connectivity index (χ0v) is 12.5. The number of ether oxygens (including phenoxy) is 2. The Kier molecular flexibility index (Phi) is 4.98. The number of Topliss-reactive ketones (excluding diaryl/α,β-unsaturated/α-hetero) is 1. The summed E-state index contributed by atoms with van der Waals surface area (Å²) in [5.74, 6) is 0.189. The van der Waals surface area contributed by atoms with Gasteiger partial charge in [-0.3, -0.25) is 9.69 Å². The molecule has 1 aliphatic heterocycles. The van der Waals surface area contributed by atoms with Gasteiger partial charge in [0, 0.05) is 32.7 Å². The van der Waals surface area contributed by atoms with Gasteiger partial charge in [0.15, 0.2) is 5.78 Å². The Morgan fingerprint density at radius 2 is 2.11 bits per heavy atom. The van der Waals surface area contributed by atoms with Crippen molar-refractivity contribution in [3.63, 3.8) is 0 Å². The fourth-order valence-corrected chi connectivity index (χ4v) is 3.11. The highest BCUT2D eigenvalue weighted by molar-refractivity contribution is 5.86. The molecule has 0 aromatic heterocycles. The second-order valence-electron chi connectivity index (χ2n) is 6.18. The molecule has 1 heterocycles. The number of hydrogen-bond acceptors (Lipinski definition) is 4. The van der Waals surface area contributed by atoms with Gasteiger partial charge in [-0.1, -0.05) is 12.8 Å². The second-order valence-corrected chi connectivity index (χ2v) is 6.18. The topological polar surface area (TPSA) is 38.8 Å². The molecule has 0 aromatic carbocycles. The smallest absolute Gasteiger partial charge is 0.165 e. The Labute approximate surface area is 116 Å². The molecule has 0 amide bonds. The SMILES string of the molecule is COC(C)(C)C(=O)CCN1CCOC2CCCCC21. The summed E-state index contributed by atoms with van der Waals surface area (Å²) in [4.78, 5) is 14.6. The van der Waals surface area contributed by atoms with E-state index < -0.39 is 5.60 Å². The van der Waals surface area contributed by atoms with Crippen LogP contribution in [0.15, 0.2) is 0 Å². The third kappa shape index (κ3) is 3.56. The quantitative estimate of drug-likeness (QED) is 0.765. The van der Waals surface area contributed by atoms with Crippen molar-refractivity contribution in [2.45, 2.75) is 63.7 Å². The molecule has 2 fully saturated rings. The summed E-state index contributed by atoms with van der Waals surface area (Å²) >= 11 is 0. The van der Waals surface area contributed by atoms with Crippen molar-refractivity contribution in [2.24, 2.45) is 0 Å². The zero-order chi connectivity index (χ0) is 13.9. The van der Waals surface area contributed by atoms with Gasteiger partial charge >= 0.3 is 0 Å². The summed E-state index contributed by atoms with van der Waals surface area (Å²) in [6, 6.07) is 0.529. The van der Waals surface area contributed by atoms with E-state index in [9.17, 15) is 4.79 Å². The number of nitrogens with zero attached hydrogens (tertiary/aromatic N) is 1. The van der Waals surface area contributed by atoms with Gasteiger partial charge < -0.3 is 9.47 Å². The standard InChI is InChI=1S/C15H27NO3/c1-15(2,18-3)14(17)8-9-16-10-11-19-13-7-5-4-6-12(13)16/h12-13H,4-11H2,1-3H3. The Morgan fingerprint density at radius 3 is 2.84 bits per heavy atom. The van der Waals surface area contributed by atoms with Crippen molar-refractivity contribution < 1.29 is 14.3 Å². The van der Waals surface area contributed by atoms with Gasteiger partial charge in [-0.2, -0.15) is 0 Å². The maximum atomic E-state index is 12.1. The van der Waals surface area contributed by atoms with E-state index in [1.807, 2.05) is 13.8 Å². The molecule has 1 aliphatic carbocycles. The van der Waals surface area contributed by atoms with Crippen LogP contribution in [-0.4, -0.2) is 55.2 Å². The van der Waals surface area contributed by atoms with Gasteiger partial charge in [0.25, 0.3) is 0 Å². The van der Waals surface area contributed by atoms with Crippen molar-refractivity contribution in [1.82, 2.24) is 4.90 Å². The van der Waals surface area contributed by atoms with E-state index >= 15 is 0 Å². The molecule has 2 rings (SSSR count). The van der Waals surface area contributed by atoms with Crippen LogP contribution in [-0.2, 0) is 14.3 Å². The van der Waals surface area contributed by atoms with Crippen LogP contribution in [0.3, 0.4) is 0 Å². The molecule has 4 heteroatoms. The van der Waals surface area contributed by atoms with Gasteiger partial charge in [0.1, 0.15) is 5.60 Å². The number of carbonyl (C=O) groups is 1. The number of rotatable bonds is 5. The van der Waals surface area contributed by atoms with Crippen LogP contribution in [0.2, 0.25) is 0 Å². The average molecular weight is 269 g/mol. The molecule has 0 spiro atoms. The first-order valence-electron chi connectivity index (χ1n) is 7.48. The minimum atomic E-state index is -0.655. The molecule has 0 N–H and O–H groups in total.